The Labute approximate surface area is 103 Å². The number of nitrogens with one attached hydrogen (secondary N) is 1. The minimum atomic E-state index is -0.133. The molecule has 0 spiro atoms. The highest BCUT2D eigenvalue weighted by Gasteiger charge is 2.08. The van der Waals surface area contributed by atoms with Crippen molar-refractivity contribution in [1.29, 1.82) is 0 Å². The average molecular weight is 235 g/mol. The van der Waals surface area contributed by atoms with Crippen LogP contribution in [0.3, 0.4) is 0 Å². The number of aliphatic imine (C=N–C) groups is 1. The third kappa shape index (κ3) is 5.36. The molecule has 1 aromatic rings. The standard InChI is InChI=1S/C13H21N3O/c1-10(2)8-12(9-17)16-13(14)15-11-6-4-3-5-7-11/h3-7,10,12,17H,8-9H2,1-2H3,(H3,14,15,16). The minimum absolute atomic E-state index is 0.0232. The highest BCUT2D eigenvalue weighted by Crippen LogP contribution is 2.08. The normalized spacial score (nSPS) is 13.8. The number of anilines is 1. The molecule has 0 bridgehead atoms. The Morgan fingerprint density at radius 2 is 2.00 bits per heavy atom. The van der Waals surface area contributed by atoms with Crippen molar-refractivity contribution in [3.8, 4) is 0 Å². The maximum absolute atomic E-state index is 9.20. The fourth-order valence-corrected chi connectivity index (χ4v) is 1.61. The van der Waals surface area contributed by atoms with Gasteiger partial charge in [-0.05, 0) is 24.5 Å². The number of nitrogens with two attached hydrogens (primary N) is 1. The highest BCUT2D eigenvalue weighted by atomic mass is 16.3. The van der Waals surface area contributed by atoms with E-state index in [4.69, 9.17) is 5.73 Å². The molecule has 0 saturated carbocycles. The van der Waals surface area contributed by atoms with Crippen LogP contribution in [0.25, 0.3) is 0 Å². The molecule has 17 heavy (non-hydrogen) atoms. The number of aliphatic hydroxyl groups is 1. The molecule has 0 saturated heterocycles. The lowest BCUT2D eigenvalue weighted by atomic mass is 10.1. The number of hydrogen-bond acceptors (Lipinski definition) is 2. The summed E-state index contributed by atoms with van der Waals surface area (Å²) in [4.78, 5) is 4.26. The maximum atomic E-state index is 9.20. The van der Waals surface area contributed by atoms with Crippen LogP contribution >= 0.6 is 0 Å². The summed E-state index contributed by atoms with van der Waals surface area (Å²) in [5.74, 6) is 0.830. The van der Waals surface area contributed by atoms with Crippen molar-refractivity contribution in [1.82, 2.24) is 0 Å². The van der Waals surface area contributed by atoms with E-state index in [0.29, 0.717) is 11.9 Å². The summed E-state index contributed by atoms with van der Waals surface area (Å²) in [6, 6.07) is 9.48. The molecular weight excluding hydrogens is 214 g/mol. The van der Waals surface area contributed by atoms with E-state index in [1.165, 1.54) is 0 Å². The zero-order valence-corrected chi connectivity index (χ0v) is 10.4. The molecule has 0 aromatic heterocycles. The Morgan fingerprint density at radius 3 is 2.53 bits per heavy atom. The van der Waals surface area contributed by atoms with Crippen LogP contribution in [0.5, 0.6) is 0 Å². The van der Waals surface area contributed by atoms with Crippen LogP contribution in [0, 0.1) is 5.92 Å². The predicted octanol–water partition coefficient (Wildman–Crippen LogP) is 1.82. The molecule has 1 atom stereocenters. The van der Waals surface area contributed by atoms with Crippen LogP contribution in [-0.2, 0) is 0 Å². The minimum Gasteiger partial charge on any atom is -0.394 e. The summed E-state index contributed by atoms with van der Waals surface area (Å²) < 4.78 is 0. The van der Waals surface area contributed by atoms with Crippen molar-refractivity contribution in [2.45, 2.75) is 26.3 Å². The monoisotopic (exact) mass is 235 g/mol. The Balaban J connectivity index is 2.58. The lowest BCUT2D eigenvalue weighted by molar-refractivity contribution is 0.251. The van der Waals surface area contributed by atoms with Crippen molar-refractivity contribution >= 4 is 11.6 Å². The first-order valence-electron chi connectivity index (χ1n) is 5.88. The number of nitrogens with zero attached hydrogens (tertiary/aromatic N) is 1. The first-order valence-corrected chi connectivity index (χ1v) is 5.88. The summed E-state index contributed by atoms with van der Waals surface area (Å²) in [6.07, 6.45) is 0.827. The molecule has 94 valence electrons. The average Bonchev–Trinajstić information content (AvgIpc) is 2.28. The molecule has 4 N–H and O–H groups in total. The van der Waals surface area contributed by atoms with Crippen LogP contribution in [0.4, 0.5) is 5.69 Å². The molecule has 0 aliphatic heterocycles. The van der Waals surface area contributed by atoms with Crippen LogP contribution in [0.15, 0.2) is 35.3 Å². The fourth-order valence-electron chi connectivity index (χ4n) is 1.61. The van der Waals surface area contributed by atoms with Crippen molar-refractivity contribution in [3.05, 3.63) is 30.3 Å². The van der Waals surface area contributed by atoms with Gasteiger partial charge in [0, 0.05) is 5.69 Å². The van der Waals surface area contributed by atoms with E-state index in [1.807, 2.05) is 30.3 Å². The zero-order valence-electron chi connectivity index (χ0n) is 10.4. The smallest absolute Gasteiger partial charge is 0.193 e. The summed E-state index contributed by atoms with van der Waals surface area (Å²) >= 11 is 0. The third-order valence-electron chi connectivity index (χ3n) is 2.32. The van der Waals surface area contributed by atoms with Crippen LogP contribution in [-0.4, -0.2) is 23.7 Å². The maximum Gasteiger partial charge on any atom is 0.193 e. The quantitative estimate of drug-likeness (QED) is 0.538. The predicted molar refractivity (Wildman–Crippen MR) is 72.0 cm³/mol. The molecule has 0 radical (unpaired) electrons. The van der Waals surface area contributed by atoms with Gasteiger partial charge in [-0.3, -0.25) is 0 Å². The van der Waals surface area contributed by atoms with Gasteiger partial charge in [-0.1, -0.05) is 32.0 Å². The number of hydrogen-bond donors (Lipinski definition) is 3. The molecule has 0 amide bonds. The highest BCUT2D eigenvalue weighted by molar-refractivity contribution is 5.92. The topological polar surface area (TPSA) is 70.6 Å². The van der Waals surface area contributed by atoms with Gasteiger partial charge in [0.2, 0.25) is 0 Å². The lowest BCUT2D eigenvalue weighted by Gasteiger charge is -2.13. The van der Waals surface area contributed by atoms with Crippen molar-refractivity contribution < 1.29 is 5.11 Å². The van der Waals surface area contributed by atoms with Gasteiger partial charge in [-0.15, -0.1) is 0 Å². The van der Waals surface area contributed by atoms with E-state index in [-0.39, 0.29) is 12.6 Å². The molecule has 1 unspecified atom stereocenters. The molecule has 4 heteroatoms. The fraction of sp³-hybridized carbons (Fsp3) is 0.462. The van der Waals surface area contributed by atoms with Gasteiger partial charge in [0.25, 0.3) is 0 Å². The van der Waals surface area contributed by atoms with E-state index in [2.05, 4.69) is 24.2 Å². The van der Waals surface area contributed by atoms with Crippen LogP contribution < -0.4 is 11.1 Å². The molecular formula is C13H21N3O. The molecule has 4 nitrogen and oxygen atoms in total. The van der Waals surface area contributed by atoms with Gasteiger partial charge in [0.1, 0.15) is 0 Å². The summed E-state index contributed by atoms with van der Waals surface area (Å²) in [6.45, 7) is 4.22. The molecule has 1 aromatic carbocycles. The van der Waals surface area contributed by atoms with E-state index >= 15 is 0 Å². The number of aliphatic hydroxyl groups excluding tert-OH is 1. The Morgan fingerprint density at radius 1 is 1.35 bits per heavy atom. The van der Waals surface area contributed by atoms with E-state index < -0.39 is 0 Å². The Bertz CT molecular complexity index is 349. The first kappa shape index (κ1) is 13.5. The second-order valence-corrected chi connectivity index (χ2v) is 4.47. The number of benzene rings is 1. The van der Waals surface area contributed by atoms with Crippen molar-refractivity contribution in [2.75, 3.05) is 11.9 Å². The summed E-state index contributed by atoms with van der Waals surface area (Å²) in [5, 5.41) is 12.2. The Kier molecular flexibility index (Phi) is 5.49. The molecule has 0 heterocycles. The lowest BCUT2D eigenvalue weighted by Crippen LogP contribution is -2.27. The number of rotatable bonds is 5. The van der Waals surface area contributed by atoms with Gasteiger partial charge in [-0.2, -0.15) is 0 Å². The zero-order chi connectivity index (χ0) is 12.7. The van der Waals surface area contributed by atoms with Crippen LogP contribution in [0.1, 0.15) is 20.3 Å². The summed E-state index contributed by atoms with van der Waals surface area (Å²) in [7, 11) is 0. The molecule has 0 aliphatic carbocycles. The second-order valence-electron chi connectivity index (χ2n) is 4.47. The van der Waals surface area contributed by atoms with Gasteiger partial charge >= 0.3 is 0 Å². The molecule has 1 rings (SSSR count). The SMILES string of the molecule is CC(C)CC(CO)N=C(N)Nc1ccccc1. The van der Waals surface area contributed by atoms with E-state index in [0.717, 1.165) is 12.1 Å². The van der Waals surface area contributed by atoms with Crippen molar-refractivity contribution in [3.63, 3.8) is 0 Å². The largest absolute Gasteiger partial charge is 0.394 e. The van der Waals surface area contributed by atoms with Gasteiger partial charge in [-0.25, -0.2) is 4.99 Å². The Hall–Kier alpha value is -1.55. The van der Waals surface area contributed by atoms with Gasteiger partial charge in [0.05, 0.1) is 12.6 Å². The molecule has 0 fully saturated rings. The van der Waals surface area contributed by atoms with Crippen molar-refractivity contribution in [2.24, 2.45) is 16.6 Å². The first-order chi connectivity index (χ1) is 8.11. The van der Waals surface area contributed by atoms with E-state index in [1.54, 1.807) is 0 Å². The second kappa shape index (κ2) is 6.91. The van der Waals surface area contributed by atoms with Crippen LogP contribution in [0.2, 0.25) is 0 Å². The van der Waals surface area contributed by atoms with Gasteiger partial charge < -0.3 is 16.2 Å². The van der Waals surface area contributed by atoms with E-state index in [9.17, 15) is 5.11 Å². The summed E-state index contributed by atoms with van der Waals surface area (Å²) in [5.41, 5.74) is 6.68. The number of para-hydroxylation sites is 1. The third-order valence-corrected chi connectivity index (χ3v) is 2.32. The molecule has 0 aliphatic rings. The number of guanidine groups is 1. The van der Waals surface area contributed by atoms with Gasteiger partial charge in [0.15, 0.2) is 5.96 Å².